The maximum atomic E-state index is 2.51. The fourth-order valence-corrected chi connectivity index (χ4v) is 4.32. The smallest absolute Gasteiger partial charge is 0.0219 e. The molecule has 0 aromatic heterocycles. The fraction of sp³-hybridized carbons (Fsp3) is 0.429. The number of hydrogen-bond donors (Lipinski definition) is 0. The normalized spacial score (nSPS) is 21.8. The molecule has 0 amide bonds. The van der Waals surface area contributed by atoms with Gasteiger partial charge in [-0.05, 0) is 67.0 Å². The van der Waals surface area contributed by atoms with Gasteiger partial charge in [0.25, 0.3) is 0 Å². The first-order valence-electron chi connectivity index (χ1n) is 8.70. The summed E-state index contributed by atoms with van der Waals surface area (Å²) < 4.78 is 0. The van der Waals surface area contributed by atoms with Crippen molar-refractivity contribution in [1.82, 2.24) is 4.90 Å². The second-order valence-electron chi connectivity index (χ2n) is 6.95. The number of aryl methyl sites for hydroxylation is 1. The number of nitrogens with zero attached hydrogens (tertiary/aromatic N) is 1. The van der Waals surface area contributed by atoms with Crippen molar-refractivity contribution in [3.63, 3.8) is 0 Å². The summed E-state index contributed by atoms with van der Waals surface area (Å²) in [7, 11) is 2.27. The lowest BCUT2D eigenvalue weighted by Gasteiger charge is -2.25. The number of benzene rings is 2. The standard InChI is InChI=1S/C21H25N/c1-22-14-13-20-18-10-6-5-9-17(18)11-12-19(20)21(15-22)16-7-3-2-4-8-16/h2-4,7-8,11-12,21H,5-6,9-10,13-15H2,1H3. The highest BCUT2D eigenvalue weighted by molar-refractivity contribution is 5.48. The Morgan fingerprint density at radius 1 is 0.864 bits per heavy atom. The van der Waals surface area contributed by atoms with Gasteiger partial charge in [0.1, 0.15) is 0 Å². The third-order valence-electron chi connectivity index (χ3n) is 5.50. The van der Waals surface area contributed by atoms with Crippen LogP contribution in [0.15, 0.2) is 42.5 Å². The molecule has 1 heterocycles. The molecule has 4 rings (SSSR count). The van der Waals surface area contributed by atoms with Crippen molar-refractivity contribution in [2.24, 2.45) is 0 Å². The first-order valence-corrected chi connectivity index (χ1v) is 8.70. The van der Waals surface area contributed by atoms with Crippen LogP contribution in [-0.2, 0) is 19.3 Å². The van der Waals surface area contributed by atoms with Crippen molar-refractivity contribution in [3.8, 4) is 0 Å². The monoisotopic (exact) mass is 291 g/mol. The Balaban J connectivity index is 1.84. The van der Waals surface area contributed by atoms with Crippen molar-refractivity contribution < 1.29 is 0 Å². The molecule has 0 radical (unpaired) electrons. The Kier molecular flexibility index (Phi) is 3.75. The SMILES string of the molecule is CN1CCc2c(ccc3c2CCCC3)C(c2ccccc2)C1. The van der Waals surface area contributed by atoms with Crippen LogP contribution in [0.1, 0.15) is 46.6 Å². The van der Waals surface area contributed by atoms with Gasteiger partial charge in [0.05, 0.1) is 0 Å². The first-order chi connectivity index (χ1) is 10.8. The van der Waals surface area contributed by atoms with Crippen LogP contribution >= 0.6 is 0 Å². The molecular formula is C21H25N. The van der Waals surface area contributed by atoms with E-state index < -0.39 is 0 Å². The Morgan fingerprint density at radius 2 is 1.68 bits per heavy atom. The lowest BCUT2D eigenvalue weighted by atomic mass is 9.80. The molecule has 2 aromatic carbocycles. The van der Waals surface area contributed by atoms with E-state index >= 15 is 0 Å². The highest BCUT2D eigenvalue weighted by atomic mass is 15.1. The number of rotatable bonds is 1. The fourth-order valence-electron chi connectivity index (χ4n) is 4.32. The molecule has 1 unspecified atom stereocenters. The van der Waals surface area contributed by atoms with Gasteiger partial charge in [-0.1, -0.05) is 42.5 Å². The molecule has 0 fully saturated rings. The minimum atomic E-state index is 0.524. The third-order valence-corrected chi connectivity index (χ3v) is 5.50. The van der Waals surface area contributed by atoms with Crippen LogP contribution in [0, 0.1) is 0 Å². The molecule has 1 aliphatic heterocycles. The molecule has 1 atom stereocenters. The Bertz CT molecular complexity index is 659. The summed E-state index contributed by atoms with van der Waals surface area (Å²) in [5.74, 6) is 0.524. The van der Waals surface area contributed by atoms with E-state index in [0.717, 1.165) is 6.54 Å². The largest absolute Gasteiger partial charge is 0.305 e. The Hall–Kier alpha value is -1.60. The zero-order chi connectivity index (χ0) is 14.9. The maximum absolute atomic E-state index is 2.51. The van der Waals surface area contributed by atoms with Crippen LogP contribution in [0.5, 0.6) is 0 Å². The van der Waals surface area contributed by atoms with Crippen molar-refractivity contribution in [1.29, 1.82) is 0 Å². The van der Waals surface area contributed by atoms with Crippen LogP contribution in [-0.4, -0.2) is 25.0 Å². The van der Waals surface area contributed by atoms with Crippen LogP contribution in [0.3, 0.4) is 0 Å². The predicted octanol–water partition coefficient (Wildman–Crippen LogP) is 4.19. The molecule has 0 N–H and O–H groups in total. The summed E-state index contributed by atoms with van der Waals surface area (Å²) in [5.41, 5.74) is 8.06. The minimum Gasteiger partial charge on any atom is -0.305 e. The van der Waals surface area contributed by atoms with Gasteiger partial charge in [-0.2, -0.15) is 0 Å². The zero-order valence-corrected chi connectivity index (χ0v) is 13.5. The summed E-state index contributed by atoms with van der Waals surface area (Å²) in [6.07, 6.45) is 6.54. The molecule has 1 aliphatic carbocycles. The highest BCUT2D eigenvalue weighted by Crippen LogP contribution is 2.36. The van der Waals surface area contributed by atoms with E-state index in [-0.39, 0.29) is 0 Å². The molecule has 1 nitrogen and oxygen atoms in total. The molecule has 22 heavy (non-hydrogen) atoms. The minimum absolute atomic E-state index is 0.524. The van der Waals surface area contributed by atoms with E-state index in [0.29, 0.717) is 5.92 Å². The molecule has 0 bridgehead atoms. The van der Waals surface area contributed by atoms with Crippen LogP contribution in [0.2, 0.25) is 0 Å². The molecule has 0 saturated heterocycles. The van der Waals surface area contributed by atoms with E-state index in [2.05, 4.69) is 54.4 Å². The van der Waals surface area contributed by atoms with E-state index in [1.807, 2.05) is 0 Å². The number of likely N-dealkylation sites (N-methyl/N-ethyl adjacent to an activating group) is 1. The van der Waals surface area contributed by atoms with Crippen LogP contribution < -0.4 is 0 Å². The Morgan fingerprint density at radius 3 is 2.55 bits per heavy atom. The number of hydrogen-bond acceptors (Lipinski definition) is 1. The molecular weight excluding hydrogens is 266 g/mol. The van der Waals surface area contributed by atoms with Crippen LogP contribution in [0.25, 0.3) is 0 Å². The van der Waals surface area contributed by atoms with E-state index in [1.165, 1.54) is 44.2 Å². The van der Waals surface area contributed by atoms with Gasteiger partial charge in [-0.3, -0.25) is 0 Å². The quantitative estimate of drug-likeness (QED) is 0.761. The van der Waals surface area contributed by atoms with Gasteiger partial charge >= 0.3 is 0 Å². The van der Waals surface area contributed by atoms with Gasteiger partial charge in [0, 0.05) is 19.0 Å². The highest BCUT2D eigenvalue weighted by Gasteiger charge is 2.26. The van der Waals surface area contributed by atoms with Gasteiger partial charge in [-0.15, -0.1) is 0 Å². The average molecular weight is 291 g/mol. The molecule has 2 aliphatic rings. The molecule has 0 saturated carbocycles. The molecule has 2 aromatic rings. The maximum Gasteiger partial charge on any atom is 0.0219 e. The number of fused-ring (bicyclic) bond motifs is 3. The lowest BCUT2D eigenvalue weighted by molar-refractivity contribution is 0.338. The van der Waals surface area contributed by atoms with Gasteiger partial charge in [0.2, 0.25) is 0 Å². The Labute approximate surface area is 134 Å². The summed E-state index contributed by atoms with van der Waals surface area (Å²) >= 11 is 0. The van der Waals surface area contributed by atoms with Crippen molar-refractivity contribution in [2.75, 3.05) is 20.1 Å². The predicted molar refractivity (Wildman–Crippen MR) is 92.6 cm³/mol. The summed E-state index contributed by atoms with van der Waals surface area (Å²) in [6, 6.07) is 15.9. The third kappa shape index (κ3) is 2.48. The van der Waals surface area contributed by atoms with Crippen molar-refractivity contribution in [3.05, 3.63) is 70.3 Å². The summed E-state index contributed by atoms with van der Waals surface area (Å²) in [5, 5.41) is 0. The zero-order valence-electron chi connectivity index (χ0n) is 13.5. The van der Waals surface area contributed by atoms with Gasteiger partial charge < -0.3 is 4.90 Å². The molecule has 1 heteroatoms. The lowest BCUT2D eigenvalue weighted by Crippen LogP contribution is -2.24. The summed E-state index contributed by atoms with van der Waals surface area (Å²) in [4.78, 5) is 2.51. The summed E-state index contributed by atoms with van der Waals surface area (Å²) in [6.45, 7) is 2.32. The average Bonchev–Trinajstić information content (AvgIpc) is 2.75. The first kappa shape index (κ1) is 14.0. The van der Waals surface area contributed by atoms with Crippen molar-refractivity contribution in [2.45, 2.75) is 38.0 Å². The van der Waals surface area contributed by atoms with E-state index in [4.69, 9.17) is 0 Å². The van der Waals surface area contributed by atoms with Gasteiger partial charge in [-0.25, -0.2) is 0 Å². The van der Waals surface area contributed by atoms with E-state index in [9.17, 15) is 0 Å². The second-order valence-corrected chi connectivity index (χ2v) is 6.95. The molecule has 0 spiro atoms. The molecule has 114 valence electrons. The van der Waals surface area contributed by atoms with Gasteiger partial charge in [0.15, 0.2) is 0 Å². The van der Waals surface area contributed by atoms with Crippen molar-refractivity contribution >= 4 is 0 Å². The second kappa shape index (κ2) is 5.89. The van der Waals surface area contributed by atoms with E-state index in [1.54, 1.807) is 22.3 Å². The topological polar surface area (TPSA) is 3.24 Å². The van der Waals surface area contributed by atoms with Crippen LogP contribution in [0.4, 0.5) is 0 Å².